The lowest BCUT2D eigenvalue weighted by Crippen LogP contribution is -1.91. The summed E-state index contributed by atoms with van der Waals surface area (Å²) >= 11 is 0. The summed E-state index contributed by atoms with van der Waals surface area (Å²) in [6, 6.07) is 10.1. The number of rotatable bonds is 2. The summed E-state index contributed by atoms with van der Waals surface area (Å²) < 4.78 is 5.26. The number of benzene rings is 1. The molecule has 2 nitrogen and oxygen atoms in total. The van der Waals surface area contributed by atoms with Crippen LogP contribution < -0.4 is 4.74 Å². The van der Waals surface area contributed by atoms with Crippen LogP contribution >= 0.6 is 0 Å². The summed E-state index contributed by atoms with van der Waals surface area (Å²) in [5, 5.41) is 1.13. The Morgan fingerprint density at radius 1 is 1.21 bits per heavy atom. The van der Waals surface area contributed by atoms with Crippen molar-refractivity contribution in [2.45, 2.75) is 13.3 Å². The molecule has 0 spiro atoms. The van der Waals surface area contributed by atoms with E-state index in [4.69, 9.17) is 4.74 Å². The number of para-hydroxylation sites is 1. The van der Waals surface area contributed by atoms with Crippen LogP contribution in [0.5, 0.6) is 5.75 Å². The van der Waals surface area contributed by atoms with Crippen molar-refractivity contribution in [1.82, 2.24) is 4.98 Å². The number of pyridine rings is 1. The molecule has 2 rings (SSSR count). The Labute approximate surface area is 83.5 Å². The van der Waals surface area contributed by atoms with Crippen LogP contribution in [0.25, 0.3) is 10.9 Å². The number of aryl methyl sites for hydroxylation is 1. The molecule has 0 amide bonds. The molecule has 0 N–H and O–H groups in total. The van der Waals surface area contributed by atoms with E-state index in [-0.39, 0.29) is 0 Å². The van der Waals surface area contributed by atoms with Gasteiger partial charge in [0, 0.05) is 11.1 Å². The van der Waals surface area contributed by atoms with Crippen LogP contribution in [0, 0.1) is 0 Å². The minimum absolute atomic E-state index is 0.845. The van der Waals surface area contributed by atoms with Crippen molar-refractivity contribution in [3.63, 3.8) is 0 Å². The van der Waals surface area contributed by atoms with Gasteiger partial charge in [0.15, 0.2) is 0 Å². The Balaban J connectivity index is 2.70. The summed E-state index contributed by atoms with van der Waals surface area (Å²) in [6.07, 6.45) is 0.952. The molecule has 0 aliphatic carbocycles. The summed E-state index contributed by atoms with van der Waals surface area (Å²) in [5.41, 5.74) is 2.05. The summed E-state index contributed by atoms with van der Waals surface area (Å²) in [7, 11) is 1.68. The van der Waals surface area contributed by atoms with Gasteiger partial charge in [-0.25, -0.2) is 4.98 Å². The molecule has 0 aliphatic rings. The highest BCUT2D eigenvalue weighted by atomic mass is 16.5. The van der Waals surface area contributed by atoms with Gasteiger partial charge in [0.25, 0.3) is 0 Å². The molecule has 0 unspecified atom stereocenters. The van der Waals surface area contributed by atoms with E-state index in [1.54, 1.807) is 7.11 Å². The van der Waals surface area contributed by atoms with Crippen LogP contribution in [0.3, 0.4) is 0 Å². The highest BCUT2D eigenvalue weighted by Gasteiger charge is 2.02. The van der Waals surface area contributed by atoms with E-state index in [0.29, 0.717) is 0 Å². The van der Waals surface area contributed by atoms with Gasteiger partial charge in [0.1, 0.15) is 11.3 Å². The molecule has 0 radical (unpaired) electrons. The molecule has 1 aromatic carbocycles. The SMILES string of the molecule is CCc1ccc2cccc(OC)c2n1. The Hall–Kier alpha value is -1.57. The number of hydrogen-bond acceptors (Lipinski definition) is 2. The molecule has 0 saturated heterocycles. The zero-order valence-electron chi connectivity index (χ0n) is 8.45. The Kier molecular flexibility index (Phi) is 2.35. The summed E-state index contributed by atoms with van der Waals surface area (Å²) in [6.45, 7) is 2.10. The van der Waals surface area contributed by atoms with Crippen molar-refractivity contribution in [2.75, 3.05) is 7.11 Å². The Bertz CT molecular complexity index is 451. The number of fused-ring (bicyclic) bond motifs is 1. The molecule has 1 heterocycles. The molecule has 2 heteroatoms. The molecule has 1 aromatic heterocycles. The van der Waals surface area contributed by atoms with Gasteiger partial charge in [-0.2, -0.15) is 0 Å². The maximum absolute atomic E-state index is 5.26. The van der Waals surface area contributed by atoms with Gasteiger partial charge in [-0.3, -0.25) is 0 Å². The van der Waals surface area contributed by atoms with E-state index in [1.807, 2.05) is 18.2 Å². The van der Waals surface area contributed by atoms with E-state index in [2.05, 4.69) is 24.0 Å². The largest absolute Gasteiger partial charge is 0.494 e. The molecule has 0 atom stereocenters. The third kappa shape index (κ3) is 1.43. The van der Waals surface area contributed by atoms with Crippen LogP contribution in [-0.2, 0) is 6.42 Å². The highest BCUT2D eigenvalue weighted by molar-refractivity contribution is 5.84. The summed E-state index contributed by atoms with van der Waals surface area (Å²) in [4.78, 5) is 4.54. The van der Waals surface area contributed by atoms with E-state index in [0.717, 1.165) is 28.8 Å². The Morgan fingerprint density at radius 2 is 2.07 bits per heavy atom. The van der Waals surface area contributed by atoms with Crippen LogP contribution in [0.2, 0.25) is 0 Å². The average Bonchev–Trinajstić information content (AvgIpc) is 2.27. The van der Waals surface area contributed by atoms with E-state index in [1.165, 1.54) is 0 Å². The van der Waals surface area contributed by atoms with Crippen molar-refractivity contribution in [2.24, 2.45) is 0 Å². The van der Waals surface area contributed by atoms with Gasteiger partial charge in [0.05, 0.1) is 7.11 Å². The second-order valence-electron chi connectivity index (χ2n) is 3.19. The fourth-order valence-corrected chi connectivity index (χ4v) is 1.52. The second-order valence-corrected chi connectivity index (χ2v) is 3.19. The molecular formula is C12H13NO. The first-order valence-electron chi connectivity index (χ1n) is 4.77. The molecule has 0 bridgehead atoms. The first kappa shape index (κ1) is 9.00. The maximum atomic E-state index is 5.26. The topological polar surface area (TPSA) is 22.1 Å². The van der Waals surface area contributed by atoms with Gasteiger partial charge in [-0.1, -0.05) is 25.1 Å². The minimum atomic E-state index is 0.845. The predicted molar refractivity (Wildman–Crippen MR) is 57.7 cm³/mol. The molecule has 0 fully saturated rings. The fraction of sp³-hybridized carbons (Fsp3) is 0.250. The lowest BCUT2D eigenvalue weighted by atomic mass is 10.2. The Morgan fingerprint density at radius 3 is 2.79 bits per heavy atom. The lowest BCUT2D eigenvalue weighted by molar-refractivity contribution is 0.419. The average molecular weight is 187 g/mol. The van der Waals surface area contributed by atoms with Crippen molar-refractivity contribution < 1.29 is 4.74 Å². The number of hydrogen-bond donors (Lipinski definition) is 0. The van der Waals surface area contributed by atoms with Crippen LogP contribution in [0.4, 0.5) is 0 Å². The zero-order chi connectivity index (χ0) is 9.97. The molecule has 0 saturated carbocycles. The third-order valence-electron chi connectivity index (χ3n) is 2.32. The van der Waals surface area contributed by atoms with E-state index >= 15 is 0 Å². The predicted octanol–water partition coefficient (Wildman–Crippen LogP) is 2.81. The molecule has 2 aromatic rings. The van der Waals surface area contributed by atoms with Gasteiger partial charge >= 0.3 is 0 Å². The first-order valence-corrected chi connectivity index (χ1v) is 4.77. The van der Waals surface area contributed by atoms with E-state index < -0.39 is 0 Å². The smallest absolute Gasteiger partial charge is 0.145 e. The third-order valence-corrected chi connectivity index (χ3v) is 2.32. The van der Waals surface area contributed by atoms with Crippen LogP contribution in [-0.4, -0.2) is 12.1 Å². The molecule has 14 heavy (non-hydrogen) atoms. The number of methoxy groups -OCH3 is 1. The number of nitrogens with zero attached hydrogens (tertiary/aromatic N) is 1. The van der Waals surface area contributed by atoms with Crippen molar-refractivity contribution in [3.8, 4) is 5.75 Å². The van der Waals surface area contributed by atoms with Crippen molar-refractivity contribution in [3.05, 3.63) is 36.0 Å². The monoisotopic (exact) mass is 187 g/mol. The zero-order valence-corrected chi connectivity index (χ0v) is 8.45. The maximum Gasteiger partial charge on any atom is 0.145 e. The first-order chi connectivity index (χ1) is 6.85. The molecule has 0 aliphatic heterocycles. The number of ether oxygens (including phenoxy) is 1. The fourth-order valence-electron chi connectivity index (χ4n) is 1.52. The number of aromatic nitrogens is 1. The van der Waals surface area contributed by atoms with Crippen LogP contribution in [0.1, 0.15) is 12.6 Å². The molecule has 72 valence electrons. The lowest BCUT2D eigenvalue weighted by Gasteiger charge is -2.05. The van der Waals surface area contributed by atoms with Crippen LogP contribution in [0.15, 0.2) is 30.3 Å². The molecular weight excluding hydrogens is 174 g/mol. The quantitative estimate of drug-likeness (QED) is 0.721. The normalized spacial score (nSPS) is 10.4. The highest BCUT2D eigenvalue weighted by Crippen LogP contribution is 2.23. The van der Waals surface area contributed by atoms with Gasteiger partial charge < -0.3 is 4.74 Å². The summed E-state index contributed by atoms with van der Waals surface area (Å²) in [5.74, 6) is 0.845. The standard InChI is InChI=1S/C12H13NO/c1-3-10-8-7-9-5-4-6-11(14-2)12(9)13-10/h4-8H,3H2,1-2H3. The van der Waals surface area contributed by atoms with E-state index in [9.17, 15) is 0 Å². The van der Waals surface area contributed by atoms with Crippen molar-refractivity contribution >= 4 is 10.9 Å². The van der Waals surface area contributed by atoms with Gasteiger partial charge in [0.2, 0.25) is 0 Å². The van der Waals surface area contributed by atoms with Gasteiger partial charge in [-0.05, 0) is 18.6 Å². The minimum Gasteiger partial charge on any atom is -0.494 e. The second kappa shape index (κ2) is 3.66. The van der Waals surface area contributed by atoms with Crippen molar-refractivity contribution in [1.29, 1.82) is 0 Å². The van der Waals surface area contributed by atoms with Gasteiger partial charge in [-0.15, -0.1) is 0 Å².